The summed E-state index contributed by atoms with van der Waals surface area (Å²) in [5.41, 5.74) is 1.68. The lowest BCUT2D eigenvalue weighted by atomic mass is 9.98. The maximum Gasteiger partial charge on any atom is 0.303 e. The average molecular weight is 278 g/mol. The van der Waals surface area contributed by atoms with Crippen molar-refractivity contribution in [2.24, 2.45) is 5.92 Å². The predicted octanol–water partition coefficient (Wildman–Crippen LogP) is 2.06. The summed E-state index contributed by atoms with van der Waals surface area (Å²) in [6.45, 7) is 4.35. The summed E-state index contributed by atoms with van der Waals surface area (Å²) in [6.07, 6.45) is 0.102. The van der Waals surface area contributed by atoms with E-state index in [-0.39, 0.29) is 24.2 Å². The third-order valence-corrected chi connectivity index (χ3v) is 3.19. The molecule has 0 heterocycles. The molecule has 110 valence electrons. The molecular formula is C15H22N2O3. The van der Waals surface area contributed by atoms with E-state index in [2.05, 4.69) is 10.6 Å². The molecule has 0 aliphatic rings. The summed E-state index contributed by atoms with van der Waals surface area (Å²) in [5, 5.41) is 14.6. The SMILES string of the molecule is CNCC(C)C(=O)Nc1ccc(C(C)CC(=O)O)cc1. The number of aliphatic carboxylic acids is 1. The van der Waals surface area contributed by atoms with Crippen LogP contribution in [0.1, 0.15) is 31.7 Å². The molecule has 0 aliphatic heterocycles. The molecule has 1 amide bonds. The van der Waals surface area contributed by atoms with Crippen molar-refractivity contribution in [2.75, 3.05) is 18.9 Å². The van der Waals surface area contributed by atoms with E-state index in [1.807, 2.05) is 33.0 Å². The van der Waals surface area contributed by atoms with Crippen molar-refractivity contribution >= 4 is 17.6 Å². The first kappa shape index (κ1) is 16.2. The molecule has 5 heteroatoms. The maximum absolute atomic E-state index is 11.8. The highest BCUT2D eigenvalue weighted by Gasteiger charge is 2.13. The fourth-order valence-electron chi connectivity index (χ4n) is 1.94. The van der Waals surface area contributed by atoms with Crippen LogP contribution in [-0.4, -0.2) is 30.6 Å². The number of carboxylic acid groups (broad SMARTS) is 1. The van der Waals surface area contributed by atoms with Gasteiger partial charge < -0.3 is 15.7 Å². The zero-order valence-electron chi connectivity index (χ0n) is 12.1. The normalized spacial score (nSPS) is 13.6. The van der Waals surface area contributed by atoms with Crippen LogP contribution >= 0.6 is 0 Å². The van der Waals surface area contributed by atoms with Gasteiger partial charge in [0.05, 0.1) is 6.42 Å². The van der Waals surface area contributed by atoms with Gasteiger partial charge in [-0.2, -0.15) is 0 Å². The van der Waals surface area contributed by atoms with E-state index in [1.54, 1.807) is 12.1 Å². The van der Waals surface area contributed by atoms with Crippen molar-refractivity contribution in [2.45, 2.75) is 26.2 Å². The second kappa shape index (κ2) is 7.65. The summed E-state index contributed by atoms with van der Waals surface area (Å²) in [6, 6.07) is 7.31. The molecule has 3 N–H and O–H groups in total. The van der Waals surface area contributed by atoms with Crippen LogP contribution in [0.5, 0.6) is 0 Å². The summed E-state index contributed by atoms with van der Waals surface area (Å²) in [4.78, 5) is 22.5. The Hall–Kier alpha value is -1.88. The van der Waals surface area contributed by atoms with Gasteiger partial charge in [0.1, 0.15) is 0 Å². The van der Waals surface area contributed by atoms with Gasteiger partial charge >= 0.3 is 5.97 Å². The standard InChI is InChI=1S/C15H22N2O3/c1-10(8-14(18)19)12-4-6-13(7-5-12)17-15(20)11(2)9-16-3/h4-7,10-11,16H,8-9H2,1-3H3,(H,17,20)(H,18,19). The molecule has 0 saturated carbocycles. The minimum Gasteiger partial charge on any atom is -0.481 e. The van der Waals surface area contributed by atoms with Crippen molar-refractivity contribution in [3.05, 3.63) is 29.8 Å². The zero-order chi connectivity index (χ0) is 15.1. The van der Waals surface area contributed by atoms with Gasteiger partial charge in [0, 0.05) is 18.2 Å². The molecule has 1 aromatic carbocycles. The molecule has 0 aliphatic carbocycles. The van der Waals surface area contributed by atoms with Crippen LogP contribution in [-0.2, 0) is 9.59 Å². The van der Waals surface area contributed by atoms with Crippen molar-refractivity contribution in [3.8, 4) is 0 Å². The highest BCUT2D eigenvalue weighted by molar-refractivity contribution is 5.92. The molecule has 0 bridgehead atoms. The molecule has 2 atom stereocenters. The summed E-state index contributed by atoms with van der Waals surface area (Å²) in [5.74, 6) is -0.993. The fraction of sp³-hybridized carbons (Fsp3) is 0.467. The Labute approximate surface area is 119 Å². The Balaban J connectivity index is 2.62. The van der Waals surface area contributed by atoms with Gasteiger partial charge in [0.15, 0.2) is 0 Å². The van der Waals surface area contributed by atoms with Gasteiger partial charge in [0.2, 0.25) is 5.91 Å². The lowest BCUT2D eigenvalue weighted by molar-refractivity contribution is -0.137. The molecule has 2 unspecified atom stereocenters. The average Bonchev–Trinajstić information content (AvgIpc) is 2.39. The summed E-state index contributed by atoms with van der Waals surface area (Å²) >= 11 is 0. The van der Waals surface area contributed by atoms with Gasteiger partial charge in [-0.1, -0.05) is 26.0 Å². The lowest BCUT2D eigenvalue weighted by Crippen LogP contribution is -2.28. The van der Waals surface area contributed by atoms with Crippen LogP contribution in [0, 0.1) is 5.92 Å². The predicted molar refractivity (Wildman–Crippen MR) is 78.8 cm³/mol. The highest BCUT2D eigenvalue weighted by Crippen LogP contribution is 2.21. The van der Waals surface area contributed by atoms with E-state index in [4.69, 9.17) is 5.11 Å². The third kappa shape index (κ3) is 5.01. The first-order valence-corrected chi connectivity index (χ1v) is 6.71. The number of carboxylic acids is 1. The Bertz CT molecular complexity index is 457. The lowest BCUT2D eigenvalue weighted by Gasteiger charge is -2.13. The number of nitrogens with one attached hydrogen (secondary N) is 2. The Kier molecular flexibility index (Phi) is 6.18. The van der Waals surface area contributed by atoms with E-state index in [0.717, 1.165) is 11.3 Å². The topological polar surface area (TPSA) is 78.4 Å². The van der Waals surface area contributed by atoms with E-state index >= 15 is 0 Å². The molecule has 0 radical (unpaired) electrons. The number of hydrogen-bond donors (Lipinski definition) is 3. The quantitative estimate of drug-likeness (QED) is 0.713. The number of anilines is 1. The van der Waals surface area contributed by atoms with Crippen molar-refractivity contribution < 1.29 is 14.7 Å². The minimum atomic E-state index is -0.809. The number of hydrogen-bond acceptors (Lipinski definition) is 3. The molecule has 20 heavy (non-hydrogen) atoms. The van der Waals surface area contributed by atoms with Crippen molar-refractivity contribution in [1.82, 2.24) is 5.32 Å². The molecule has 1 aromatic rings. The van der Waals surface area contributed by atoms with Crippen LogP contribution in [0.2, 0.25) is 0 Å². The second-order valence-electron chi connectivity index (χ2n) is 5.07. The third-order valence-electron chi connectivity index (χ3n) is 3.19. The maximum atomic E-state index is 11.8. The largest absolute Gasteiger partial charge is 0.481 e. The minimum absolute atomic E-state index is 0.0364. The van der Waals surface area contributed by atoms with Gasteiger partial charge in [-0.25, -0.2) is 0 Å². The van der Waals surface area contributed by atoms with Gasteiger partial charge in [-0.3, -0.25) is 9.59 Å². The van der Waals surface area contributed by atoms with Crippen molar-refractivity contribution in [3.63, 3.8) is 0 Å². The van der Waals surface area contributed by atoms with E-state index in [1.165, 1.54) is 0 Å². The van der Waals surface area contributed by atoms with Crippen LogP contribution < -0.4 is 10.6 Å². The van der Waals surface area contributed by atoms with Crippen LogP contribution in [0.4, 0.5) is 5.69 Å². The van der Waals surface area contributed by atoms with Crippen LogP contribution in [0.3, 0.4) is 0 Å². The molecule has 0 fully saturated rings. The van der Waals surface area contributed by atoms with Gasteiger partial charge in [-0.15, -0.1) is 0 Å². The summed E-state index contributed by atoms with van der Waals surface area (Å²) in [7, 11) is 1.81. The molecule has 5 nitrogen and oxygen atoms in total. The molecule has 0 spiro atoms. The second-order valence-corrected chi connectivity index (χ2v) is 5.07. The van der Waals surface area contributed by atoms with Crippen LogP contribution in [0.25, 0.3) is 0 Å². The zero-order valence-corrected chi connectivity index (χ0v) is 12.1. The van der Waals surface area contributed by atoms with Crippen molar-refractivity contribution in [1.29, 1.82) is 0 Å². The summed E-state index contributed by atoms with van der Waals surface area (Å²) < 4.78 is 0. The molecular weight excluding hydrogens is 256 g/mol. The monoisotopic (exact) mass is 278 g/mol. The smallest absolute Gasteiger partial charge is 0.303 e. The number of amides is 1. The van der Waals surface area contributed by atoms with E-state index < -0.39 is 5.97 Å². The van der Waals surface area contributed by atoms with Crippen LogP contribution in [0.15, 0.2) is 24.3 Å². The first-order chi connectivity index (χ1) is 9.43. The molecule has 0 aromatic heterocycles. The Morgan fingerprint density at radius 2 is 1.80 bits per heavy atom. The van der Waals surface area contributed by atoms with Gasteiger partial charge in [-0.05, 0) is 30.7 Å². The number of carbonyl (C=O) groups excluding carboxylic acids is 1. The number of rotatable bonds is 7. The molecule has 1 rings (SSSR count). The first-order valence-electron chi connectivity index (χ1n) is 6.71. The number of carbonyl (C=O) groups is 2. The van der Waals surface area contributed by atoms with Gasteiger partial charge in [0.25, 0.3) is 0 Å². The highest BCUT2D eigenvalue weighted by atomic mass is 16.4. The fourth-order valence-corrected chi connectivity index (χ4v) is 1.94. The van der Waals surface area contributed by atoms with E-state index in [0.29, 0.717) is 6.54 Å². The molecule has 0 saturated heterocycles. The Morgan fingerprint density at radius 3 is 2.30 bits per heavy atom. The Morgan fingerprint density at radius 1 is 1.20 bits per heavy atom. The number of benzene rings is 1. The van der Waals surface area contributed by atoms with E-state index in [9.17, 15) is 9.59 Å².